The first-order valence-electron chi connectivity index (χ1n) is 7.46. The first kappa shape index (κ1) is 18.1. The van der Waals surface area contributed by atoms with Crippen molar-refractivity contribution in [1.82, 2.24) is 0 Å². The number of benzene rings is 3. The van der Waals surface area contributed by atoms with Crippen LogP contribution < -0.4 is 28.3 Å². The zero-order valence-electron chi connectivity index (χ0n) is 13.0. The van der Waals surface area contributed by atoms with Crippen molar-refractivity contribution in [3.63, 3.8) is 0 Å². The monoisotopic (exact) mass is 353 g/mol. The minimum Gasteiger partial charge on any atom is -1.00 e. The fraction of sp³-hybridized carbons (Fsp3) is 0.0500. The van der Waals surface area contributed by atoms with Gasteiger partial charge in [-0.3, -0.25) is 0 Å². The summed E-state index contributed by atoms with van der Waals surface area (Å²) < 4.78 is 0. The highest BCUT2D eigenvalue weighted by Crippen LogP contribution is 2.55. The largest absolute Gasteiger partial charge is 1.00 e. The van der Waals surface area contributed by atoms with Crippen LogP contribution in [-0.2, 0) is 4.79 Å². The van der Waals surface area contributed by atoms with Crippen molar-refractivity contribution in [2.24, 2.45) is 4.99 Å². The molecule has 0 amide bonds. The number of rotatable bonds is 5. The molecule has 0 saturated heterocycles. The number of aliphatic imine (C=N–C) groups is 1. The molecule has 0 radical (unpaired) electrons. The summed E-state index contributed by atoms with van der Waals surface area (Å²) in [6, 6.07) is 31.1. The van der Waals surface area contributed by atoms with E-state index >= 15 is 0 Å². The van der Waals surface area contributed by atoms with E-state index in [1.54, 1.807) is 6.08 Å². The Bertz CT molecular complexity index is 706. The van der Waals surface area contributed by atoms with Gasteiger partial charge in [-0.2, -0.15) is 4.99 Å². The molecule has 0 fully saturated rings. The summed E-state index contributed by atoms with van der Waals surface area (Å²) in [5, 5.41) is 3.66. The Morgan fingerprint density at radius 2 is 1.00 bits per heavy atom. The van der Waals surface area contributed by atoms with E-state index < -0.39 is 7.26 Å². The second kappa shape index (κ2) is 8.57. The van der Waals surface area contributed by atoms with Gasteiger partial charge in [0.2, 0.25) is 6.08 Å². The first-order valence-corrected chi connectivity index (χ1v) is 9.44. The van der Waals surface area contributed by atoms with E-state index in [2.05, 4.69) is 41.4 Å². The van der Waals surface area contributed by atoms with Crippen LogP contribution in [0.25, 0.3) is 0 Å². The zero-order chi connectivity index (χ0) is 16.0. The summed E-state index contributed by atoms with van der Waals surface area (Å²) in [5.74, 6) is 0. The fourth-order valence-electron chi connectivity index (χ4n) is 2.87. The molecule has 0 atom stereocenters. The van der Waals surface area contributed by atoms with Gasteiger partial charge in [0.05, 0.1) is 0 Å². The molecule has 3 aromatic carbocycles. The van der Waals surface area contributed by atoms with Crippen LogP contribution >= 0.6 is 7.26 Å². The Morgan fingerprint density at radius 3 is 1.29 bits per heavy atom. The van der Waals surface area contributed by atoms with Gasteiger partial charge >= 0.3 is 0 Å². The third-order valence-corrected chi connectivity index (χ3v) is 8.04. The summed E-state index contributed by atoms with van der Waals surface area (Å²) in [5.41, 5.74) is 0. The summed E-state index contributed by atoms with van der Waals surface area (Å²) >= 11 is 0. The molecule has 3 aromatic rings. The third-order valence-electron chi connectivity index (χ3n) is 3.94. The highest BCUT2D eigenvalue weighted by Gasteiger charge is 2.45. The fourth-order valence-corrected chi connectivity index (χ4v) is 6.57. The molecule has 120 valence electrons. The van der Waals surface area contributed by atoms with Gasteiger partial charge < -0.3 is 12.4 Å². The Balaban J connectivity index is 0.00000208. The van der Waals surface area contributed by atoms with Gasteiger partial charge in [-0.15, -0.1) is 0 Å². The molecule has 0 bridgehead atoms. The van der Waals surface area contributed by atoms with Gasteiger partial charge in [-0.25, -0.2) is 4.79 Å². The lowest BCUT2D eigenvalue weighted by molar-refractivity contribution is -0.00000556. The number of nitrogens with zero attached hydrogens (tertiary/aromatic N) is 1. The Morgan fingerprint density at radius 1 is 0.667 bits per heavy atom. The number of hydrogen-bond acceptors (Lipinski definition) is 2. The van der Waals surface area contributed by atoms with Crippen molar-refractivity contribution in [3.05, 3.63) is 91.0 Å². The maximum atomic E-state index is 10.9. The van der Waals surface area contributed by atoms with Gasteiger partial charge in [-0.05, 0) is 36.4 Å². The average molecular weight is 354 g/mol. The van der Waals surface area contributed by atoms with Gasteiger partial charge in [-0.1, -0.05) is 54.6 Å². The van der Waals surface area contributed by atoms with Crippen molar-refractivity contribution in [2.45, 2.75) is 0 Å². The lowest BCUT2D eigenvalue weighted by atomic mass is 10.4. The number of carbonyl (C=O) groups excluding carboxylic acids is 1. The van der Waals surface area contributed by atoms with Crippen LogP contribution in [0.5, 0.6) is 0 Å². The van der Waals surface area contributed by atoms with E-state index in [-0.39, 0.29) is 12.4 Å². The zero-order valence-corrected chi connectivity index (χ0v) is 14.7. The Labute approximate surface area is 149 Å². The second-order valence-electron chi connectivity index (χ2n) is 5.21. The van der Waals surface area contributed by atoms with Crippen LogP contribution in [0.4, 0.5) is 0 Å². The second-order valence-corrected chi connectivity index (χ2v) is 8.66. The van der Waals surface area contributed by atoms with Crippen LogP contribution in [0.2, 0.25) is 0 Å². The van der Waals surface area contributed by atoms with E-state index in [1.807, 2.05) is 54.6 Å². The molecular formula is C20H17ClNOP. The summed E-state index contributed by atoms with van der Waals surface area (Å²) in [6.45, 7) is 0. The van der Waals surface area contributed by atoms with Crippen molar-refractivity contribution in [3.8, 4) is 0 Å². The molecule has 0 heterocycles. The molecular weight excluding hydrogens is 337 g/mol. The van der Waals surface area contributed by atoms with Crippen LogP contribution in [0.3, 0.4) is 0 Å². The standard InChI is InChI=1S/C20H17NOP.ClH/c22-16-21-17-23(18-10-4-1-5-11-18,19-12-6-2-7-13-19)20-14-8-3-9-15-20;/h1-15H,17H2;1H/q+1;/p-1. The summed E-state index contributed by atoms with van der Waals surface area (Å²) in [7, 11) is -2.00. The van der Waals surface area contributed by atoms with Gasteiger partial charge in [0.15, 0.2) is 6.29 Å². The molecule has 0 spiro atoms. The molecule has 24 heavy (non-hydrogen) atoms. The van der Waals surface area contributed by atoms with E-state index in [9.17, 15) is 4.79 Å². The van der Waals surface area contributed by atoms with E-state index in [0.717, 1.165) is 0 Å². The predicted molar refractivity (Wildman–Crippen MR) is 98.1 cm³/mol. The van der Waals surface area contributed by atoms with Crippen molar-refractivity contribution >= 4 is 29.3 Å². The quantitative estimate of drug-likeness (QED) is 0.368. The molecule has 0 aliphatic carbocycles. The maximum Gasteiger partial charge on any atom is 0.238 e. The maximum absolute atomic E-state index is 10.9. The lowest BCUT2D eigenvalue weighted by Crippen LogP contribution is -3.00. The lowest BCUT2D eigenvalue weighted by Gasteiger charge is -2.25. The molecule has 2 nitrogen and oxygen atoms in total. The Kier molecular flexibility index (Phi) is 6.46. The molecule has 0 aromatic heterocycles. The molecule has 0 unspecified atom stereocenters. The van der Waals surface area contributed by atoms with Gasteiger partial charge in [0.1, 0.15) is 23.2 Å². The van der Waals surface area contributed by atoms with E-state index in [0.29, 0.717) is 6.29 Å². The molecule has 0 aliphatic rings. The first-order chi connectivity index (χ1) is 11.4. The molecule has 0 saturated carbocycles. The SMILES string of the molecule is O=C=NC[P+](c1ccccc1)(c1ccccc1)c1ccccc1.[Cl-]. The number of isocyanates is 1. The molecule has 0 aliphatic heterocycles. The summed E-state index contributed by atoms with van der Waals surface area (Å²) in [4.78, 5) is 14.9. The van der Waals surface area contributed by atoms with Crippen LogP contribution in [-0.4, -0.2) is 12.4 Å². The predicted octanol–water partition coefficient (Wildman–Crippen LogP) is 0.278. The Hall–Kier alpha value is -2.24. The molecule has 4 heteroatoms. The van der Waals surface area contributed by atoms with Gasteiger partial charge in [0, 0.05) is 0 Å². The van der Waals surface area contributed by atoms with E-state index in [1.165, 1.54) is 15.9 Å². The normalized spacial score (nSPS) is 10.3. The highest BCUT2D eigenvalue weighted by molar-refractivity contribution is 7.95. The number of hydrogen-bond donors (Lipinski definition) is 0. The number of halogens is 1. The highest BCUT2D eigenvalue weighted by atomic mass is 35.5. The van der Waals surface area contributed by atoms with Crippen molar-refractivity contribution in [2.75, 3.05) is 6.29 Å². The minimum absolute atomic E-state index is 0. The average Bonchev–Trinajstić information content (AvgIpc) is 2.65. The van der Waals surface area contributed by atoms with E-state index in [4.69, 9.17) is 0 Å². The van der Waals surface area contributed by atoms with Crippen molar-refractivity contribution in [1.29, 1.82) is 0 Å². The van der Waals surface area contributed by atoms with Crippen LogP contribution in [0.15, 0.2) is 96.0 Å². The van der Waals surface area contributed by atoms with Crippen molar-refractivity contribution < 1.29 is 17.2 Å². The smallest absolute Gasteiger partial charge is 0.238 e. The topological polar surface area (TPSA) is 29.4 Å². The third kappa shape index (κ3) is 3.47. The molecule has 3 rings (SSSR count). The molecule has 0 N–H and O–H groups in total. The summed E-state index contributed by atoms with van der Waals surface area (Å²) in [6.07, 6.45) is 2.17. The van der Waals surface area contributed by atoms with Gasteiger partial charge in [0.25, 0.3) is 0 Å². The van der Waals surface area contributed by atoms with Crippen LogP contribution in [0, 0.1) is 0 Å². The van der Waals surface area contributed by atoms with Crippen LogP contribution in [0.1, 0.15) is 0 Å². The minimum atomic E-state index is -2.00.